The molecule has 2 aromatic heterocycles. The normalized spacial score (nSPS) is 15.1. The monoisotopic (exact) mass is 398 g/mol. The number of carbonyl (C=O) groups excluding carboxylic acids is 1. The molecule has 2 N–H and O–H groups in total. The summed E-state index contributed by atoms with van der Waals surface area (Å²) in [7, 11) is 1.52. The van der Waals surface area contributed by atoms with Gasteiger partial charge in [-0.2, -0.15) is 5.10 Å². The van der Waals surface area contributed by atoms with Gasteiger partial charge in [-0.1, -0.05) is 0 Å². The molecule has 9 heteroatoms. The summed E-state index contributed by atoms with van der Waals surface area (Å²) in [5, 5.41) is 7.03. The zero-order valence-corrected chi connectivity index (χ0v) is 16.4. The number of nitrogens with zero attached hydrogens (tertiary/aromatic N) is 4. The molecule has 1 aliphatic heterocycles. The standard InChI is InChI=1S/C20H23FN6O2/c1-13-11-27-18(23-19(13)28)10-15(24-27)12-25-5-7-26(8-6-25)17-4-3-14(9-16(17)21)20(29)22-2/h3-4,9-11H,5-8,12H2,1-2H3,(H,22,29)(H,23,28). The van der Waals surface area contributed by atoms with E-state index in [4.69, 9.17) is 0 Å². The lowest BCUT2D eigenvalue weighted by Gasteiger charge is -2.35. The van der Waals surface area contributed by atoms with Gasteiger partial charge in [0.05, 0.1) is 11.4 Å². The first kappa shape index (κ1) is 19.1. The van der Waals surface area contributed by atoms with Crippen molar-refractivity contribution in [3.05, 3.63) is 63.5 Å². The SMILES string of the molecule is CNC(=O)c1ccc(N2CCN(Cc3cc4[nH]c(=O)c(C)cn4n3)CC2)c(F)c1. The number of hydrogen-bond donors (Lipinski definition) is 2. The Morgan fingerprint density at radius 3 is 2.69 bits per heavy atom. The molecule has 1 saturated heterocycles. The summed E-state index contributed by atoms with van der Waals surface area (Å²) in [5.74, 6) is -0.691. The zero-order chi connectivity index (χ0) is 20.5. The second-order valence-electron chi connectivity index (χ2n) is 7.24. The van der Waals surface area contributed by atoms with Crippen molar-refractivity contribution in [3.63, 3.8) is 0 Å². The predicted octanol–water partition coefficient (Wildman–Crippen LogP) is 1.15. The first-order valence-corrected chi connectivity index (χ1v) is 9.52. The molecule has 0 aliphatic carbocycles. The molecule has 1 aliphatic rings. The summed E-state index contributed by atoms with van der Waals surface area (Å²) in [5.41, 5.74) is 2.88. The van der Waals surface area contributed by atoms with E-state index in [-0.39, 0.29) is 17.3 Å². The minimum absolute atomic E-state index is 0.109. The van der Waals surface area contributed by atoms with Crippen molar-refractivity contribution < 1.29 is 9.18 Å². The van der Waals surface area contributed by atoms with Crippen molar-refractivity contribution in [3.8, 4) is 0 Å². The number of halogens is 1. The number of aromatic amines is 1. The van der Waals surface area contributed by atoms with Gasteiger partial charge in [0, 0.05) is 63.2 Å². The third-order valence-electron chi connectivity index (χ3n) is 5.24. The van der Waals surface area contributed by atoms with E-state index in [1.165, 1.54) is 13.1 Å². The van der Waals surface area contributed by atoms with Crippen LogP contribution in [0, 0.1) is 12.7 Å². The lowest BCUT2D eigenvalue weighted by molar-refractivity contribution is 0.0962. The fraction of sp³-hybridized carbons (Fsp3) is 0.350. The summed E-state index contributed by atoms with van der Waals surface area (Å²) in [6.45, 7) is 5.30. The van der Waals surface area contributed by atoms with Crippen LogP contribution < -0.4 is 15.8 Å². The highest BCUT2D eigenvalue weighted by Crippen LogP contribution is 2.22. The number of aryl methyl sites for hydroxylation is 1. The number of H-pyrrole nitrogens is 1. The summed E-state index contributed by atoms with van der Waals surface area (Å²) >= 11 is 0. The van der Waals surface area contributed by atoms with Crippen LogP contribution in [0.15, 0.2) is 35.3 Å². The molecule has 0 radical (unpaired) electrons. The molecule has 4 rings (SSSR count). The van der Waals surface area contributed by atoms with Gasteiger partial charge < -0.3 is 15.2 Å². The van der Waals surface area contributed by atoms with Crippen LogP contribution in [0.3, 0.4) is 0 Å². The Hall–Kier alpha value is -3.20. The third kappa shape index (κ3) is 3.86. The van der Waals surface area contributed by atoms with Gasteiger partial charge in [0.15, 0.2) is 0 Å². The van der Waals surface area contributed by atoms with Crippen LogP contribution in [0.5, 0.6) is 0 Å². The maximum atomic E-state index is 14.5. The number of anilines is 1. The van der Waals surface area contributed by atoms with E-state index in [0.717, 1.165) is 18.8 Å². The second-order valence-corrected chi connectivity index (χ2v) is 7.24. The second kappa shape index (κ2) is 7.67. The molecule has 0 saturated carbocycles. The Balaban J connectivity index is 1.41. The molecule has 0 spiro atoms. The number of hydrogen-bond acceptors (Lipinski definition) is 5. The molecule has 8 nitrogen and oxygen atoms in total. The maximum Gasteiger partial charge on any atom is 0.254 e. The molecule has 1 amide bonds. The number of nitrogens with one attached hydrogen (secondary N) is 2. The van der Waals surface area contributed by atoms with Crippen molar-refractivity contribution in [2.24, 2.45) is 0 Å². The van der Waals surface area contributed by atoms with Crippen LogP contribution in [0.1, 0.15) is 21.6 Å². The van der Waals surface area contributed by atoms with Gasteiger partial charge in [0.1, 0.15) is 11.5 Å². The van der Waals surface area contributed by atoms with Gasteiger partial charge in [-0.15, -0.1) is 0 Å². The van der Waals surface area contributed by atoms with E-state index in [0.29, 0.717) is 42.1 Å². The van der Waals surface area contributed by atoms with Crippen molar-refractivity contribution in [1.29, 1.82) is 0 Å². The number of amides is 1. The Labute approximate surface area is 166 Å². The highest BCUT2D eigenvalue weighted by Gasteiger charge is 2.21. The molecule has 0 unspecified atom stereocenters. The van der Waals surface area contributed by atoms with E-state index in [2.05, 4.69) is 20.3 Å². The summed E-state index contributed by atoms with van der Waals surface area (Å²) in [6, 6.07) is 6.46. The van der Waals surface area contributed by atoms with Crippen LogP contribution in [0.25, 0.3) is 5.65 Å². The van der Waals surface area contributed by atoms with Crippen LogP contribution in [0.2, 0.25) is 0 Å². The average molecular weight is 398 g/mol. The first-order chi connectivity index (χ1) is 13.9. The summed E-state index contributed by atoms with van der Waals surface area (Å²) in [4.78, 5) is 30.4. The Morgan fingerprint density at radius 2 is 2.00 bits per heavy atom. The Morgan fingerprint density at radius 1 is 1.24 bits per heavy atom. The molecule has 1 fully saturated rings. The van der Waals surface area contributed by atoms with Gasteiger partial charge in [-0.3, -0.25) is 14.5 Å². The smallest absolute Gasteiger partial charge is 0.254 e. The number of carbonyl (C=O) groups is 1. The van der Waals surface area contributed by atoms with E-state index in [1.807, 2.05) is 11.0 Å². The molecular weight excluding hydrogens is 375 g/mol. The third-order valence-corrected chi connectivity index (χ3v) is 5.24. The van der Waals surface area contributed by atoms with Gasteiger partial charge in [-0.05, 0) is 25.1 Å². The molecule has 3 heterocycles. The van der Waals surface area contributed by atoms with Crippen LogP contribution in [-0.4, -0.2) is 58.6 Å². The highest BCUT2D eigenvalue weighted by atomic mass is 19.1. The largest absolute Gasteiger partial charge is 0.367 e. The molecule has 1 aromatic carbocycles. The number of aromatic nitrogens is 3. The quantitative estimate of drug-likeness (QED) is 0.689. The van der Waals surface area contributed by atoms with Crippen LogP contribution in [-0.2, 0) is 6.54 Å². The zero-order valence-electron chi connectivity index (χ0n) is 16.4. The number of rotatable bonds is 4. The minimum atomic E-state index is -0.390. The lowest BCUT2D eigenvalue weighted by atomic mass is 10.1. The highest BCUT2D eigenvalue weighted by molar-refractivity contribution is 5.94. The van der Waals surface area contributed by atoms with Gasteiger partial charge in [-0.25, -0.2) is 8.91 Å². The van der Waals surface area contributed by atoms with Crippen LogP contribution >= 0.6 is 0 Å². The van der Waals surface area contributed by atoms with Crippen LogP contribution in [0.4, 0.5) is 10.1 Å². The predicted molar refractivity (Wildman–Crippen MR) is 108 cm³/mol. The average Bonchev–Trinajstić information content (AvgIpc) is 3.09. The Kier molecular flexibility index (Phi) is 5.06. The molecule has 29 heavy (non-hydrogen) atoms. The van der Waals surface area contributed by atoms with Gasteiger partial charge >= 0.3 is 0 Å². The molecule has 3 aromatic rings. The summed E-state index contributed by atoms with van der Waals surface area (Å²) < 4.78 is 16.2. The van der Waals surface area contributed by atoms with Crippen molar-refractivity contribution in [2.75, 3.05) is 38.1 Å². The number of benzene rings is 1. The van der Waals surface area contributed by atoms with Crippen molar-refractivity contribution >= 4 is 17.2 Å². The number of fused-ring (bicyclic) bond motifs is 1. The molecule has 152 valence electrons. The van der Waals surface area contributed by atoms with E-state index < -0.39 is 0 Å². The van der Waals surface area contributed by atoms with E-state index >= 15 is 0 Å². The number of piperazine rings is 1. The topological polar surface area (TPSA) is 85.7 Å². The fourth-order valence-electron chi connectivity index (χ4n) is 3.60. The van der Waals surface area contributed by atoms with E-state index in [9.17, 15) is 14.0 Å². The van der Waals surface area contributed by atoms with Crippen molar-refractivity contribution in [1.82, 2.24) is 24.8 Å². The Bertz CT molecular complexity index is 1110. The maximum absolute atomic E-state index is 14.5. The lowest BCUT2D eigenvalue weighted by Crippen LogP contribution is -2.46. The molecular formula is C20H23FN6O2. The molecule has 0 bridgehead atoms. The van der Waals surface area contributed by atoms with Gasteiger partial charge in [0.25, 0.3) is 11.5 Å². The first-order valence-electron chi connectivity index (χ1n) is 9.52. The minimum Gasteiger partial charge on any atom is -0.367 e. The molecule has 0 atom stereocenters. The summed E-state index contributed by atoms with van der Waals surface area (Å²) in [6.07, 6.45) is 1.72. The van der Waals surface area contributed by atoms with Crippen molar-refractivity contribution in [2.45, 2.75) is 13.5 Å². The van der Waals surface area contributed by atoms with Gasteiger partial charge in [0.2, 0.25) is 0 Å². The fourth-order valence-corrected chi connectivity index (χ4v) is 3.60. The van der Waals surface area contributed by atoms with E-state index in [1.54, 1.807) is 29.8 Å².